The number of amides is 1. The molecule has 1 aliphatic heterocycles. The Bertz CT molecular complexity index is 473. The molecule has 1 amide bonds. The number of hydrogen-bond acceptors (Lipinski definition) is 3. The minimum Gasteiger partial charge on any atom is -0.332 e. The molecule has 0 unspecified atom stereocenters. The van der Waals surface area contributed by atoms with Crippen LogP contribution in [-0.2, 0) is 11.3 Å². The van der Waals surface area contributed by atoms with Gasteiger partial charge in [-0.2, -0.15) is 0 Å². The second kappa shape index (κ2) is 5.46. The highest BCUT2D eigenvalue weighted by Crippen LogP contribution is 2.07. The number of hydrogen-bond donors (Lipinski definition) is 1. The largest absolute Gasteiger partial charge is 0.332 e. The summed E-state index contributed by atoms with van der Waals surface area (Å²) in [5.74, 6) is 6.13. The van der Waals surface area contributed by atoms with Crippen molar-refractivity contribution in [3.63, 3.8) is 0 Å². The number of carbonyl (C=O) groups excluding carboxylic acids is 1. The van der Waals surface area contributed by atoms with Crippen LogP contribution in [0, 0.1) is 11.8 Å². The van der Waals surface area contributed by atoms with Gasteiger partial charge < -0.3 is 10.6 Å². The quantitative estimate of drug-likeness (QED) is 0.752. The third-order valence-corrected chi connectivity index (χ3v) is 2.67. The molecule has 0 aliphatic carbocycles. The highest BCUT2D eigenvalue weighted by atomic mass is 16.2. The lowest BCUT2D eigenvalue weighted by molar-refractivity contribution is -0.127. The van der Waals surface area contributed by atoms with Crippen LogP contribution in [0.2, 0.25) is 0 Å². The molecule has 1 aliphatic rings. The van der Waals surface area contributed by atoms with Gasteiger partial charge in [0.2, 0.25) is 5.91 Å². The van der Waals surface area contributed by atoms with E-state index in [2.05, 4.69) is 16.8 Å². The van der Waals surface area contributed by atoms with E-state index in [4.69, 9.17) is 5.73 Å². The zero-order valence-electron chi connectivity index (χ0n) is 9.65. The van der Waals surface area contributed by atoms with E-state index in [1.807, 2.05) is 18.2 Å². The monoisotopic (exact) mass is 229 g/mol. The smallest absolute Gasteiger partial charge is 0.223 e. The third kappa shape index (κ3) is 3.05. The van der Waals surface area contributed by atoms with Crippen LogP contribution in [0.4, 0.5) is 0 Å². The molecule has 0 spiro atoms. The Labute approximate surface area is 101 Å². The van der Waals surface area contributed by atoms with Crippen molar-refractivity contribution in [2.75, 3.05) is 13.1 Å². The van der Waals surface area contributed by atoms with Crippen LogP contribution in [0.3, 0.4) is 0 Å². The Morgan fingerprint density at radius 2 is 2.35 bits per heavy atom. The second-order valence-electron chi connectivity index (χ2n) is 3.94. The van der Waals surface area contributed by atoms with Crippen molar-refractivity contribution in [2.24, 2.45) is 5.73 Å². The number of nitrogens with two attached hydrogens (primary N) is 1. The van der Waals surface area contributed by atoms with Crippen molar-refractivity contribution < 1.29 is 4.79 Å². The lowest BCUT2D eigenvalue weighted by Crippen LogP contribution is -2.24. The van der Waals surface area contributed by atoms with Gasteiger partial charge in [-0.25, -0.2) is 4.98 Å². The topological polar surface area (TPSA) is 59.2 Å². The van der Waals surface area contributed by atoms with Crippen LogP contribution in [0.1, 0.15) is 24.2 Å². The molecule has 17 heavy (non-hydrogen) atoms. The van der Waals surface area contributed by atoms with Gasteiger partial charge in [0.15, 0.2) is 0 Å². The minimum absolute atomic E-state index is 0.197. The van der Waals surface area contributed by atoms with Crippen molar-refractivity contribution >= 4 is 5.91 Å². The fourth-order valence-electron chi connectivity index (χ4n) is 1.76. The molecule has 1 aromatic heterocycles. The number of likely N-dealkylation sites (tertiary alicyclic amines) is 1. The fraction of sp³-hybridized carbons (Fsp3) is 0.385. The van der Waals surface area contributed by atoms with Crippen molar-refractivity contribution in [3.8, 4) is 11.8 Å². The van der Waals surface area contributed by atoms with Crippen LogP contribution in [0.15, 0.2) is 18.2 Å². The lowest BCUT2D eigenvalue weighted by Gasteiger charge is -2.09. The predicted octanol–water partition coefficient (Wildman–Crippen LogP) is 0.514. The maximum Gasteiger partial charge on any atom is 0.223 e. The van der Waals surface area contributed by atoms with Gasteiger partial charge in [-0.1, -0.05) is 12.0 Å². The zero-order valence-corrected chi connectivity index (χ0v) is 9.65. The van der Waals surface area contributed by atoms with Crippen LogP contribution >= 0.6 is 0 Å². The maximum atomic E-state index is 11.3. The maximum absolute atomic E-state index is 11.3. The number of pyridine rings is 1. The molecule has 88 valence electrons. The van der Waals surface area contributed by atoms with E-state index in [9.17, 15) is 4.79 Å². The summed E-state index contributed by atoms with van der Waals surface area (Å²) in [6, 6.07) is 5.60. The normalized spacial score (nSPS) is 14.6. The second-order valence-corrected chi connectivity index (χ2v) is 3.94. The van der Waals surface area contributed by atoms with E-state index in [0.29, 0.717) is 25.2 Å². The summed E-state index contributed by atoms with van der Waals surface area (Å²) >= 11 is 0. The Kier molecular flexibility index (Phi) is 3.73. The van der Waals surface area contributed by atoms with Crippen molar-refractivity contribution in [2.45, 2.75) is 19.4 Å². The van der Waals surface area contributed by atoms with Crippen LogP contribution < -0.4 is 5.73 Å². The molecule has 4 nitrogen and oxygen atoms in total. The summed E-state index contributed by atoms with van der Waals surface area (Å²) in [4.78, 5) is 17.4. The number of aromatic nitrogens is 1. The van der Waals surface area contributed by atoms with Gasteiger partial charge in [0.25, 0.3) is 0 Å². The van der Waals surface area contributed by atoms with Gasteiger partial charge in [-0.05, 0) is 24.5 Å². The van der Waals surface area contributed by atoms with E-state index in [-0.39, 0.29) is 5.91 Å². The molecule has 2 heterocycles. The first-order valence-corrected chi connectivity index (χ1v) is 5.72. The summed E-state index contributed by atoms with van der Waals surface area (Å²) in [5, 5.41) is 0. The molecule has 1 aromatic rings. The Morgan fingerprint density at radius 3 is 3.06 bits per heavy atom. The first-order chi connectivity index (χ1) is 8.29. The fourth-order valence-corrected chi connectivity index (χ4v) is 1.76. The summed E-state index contributed by atoms with van der Waals surface area (Å²) in [5.41, 5.74) is 7.04. The predicted molar refractivity (Wildman–Crippen MR) is 64.8 cm³/mol. The highest BCUT2D eigenvalue weighted by molar-refractivity contribution is 5.78. The summed E-state index contributed by atoms with van der Waals surface area (Å²) in [6.45, 7) is 1.73. The molecule has 0 bridgehead atoms. The van der Waals surface area contributed by atoms with Gasteiger partial charge in [-0.15, -0.1) is 0 Å². The molecule has 2 N–H and O–H groups in total. The van der Waals surface area contributed by atoms with Gasteiger partial charge in [0.1, 0.15) is 5.69 Å². The van der Waals surface area contributed by atoms with E-state index < -0.39 is 0 Å². The summed E-state index contributed by atoms with van der Waals surface area (Å²) < 4.78 is 0. The van der Waals surface area contributed by atoms with Crippen molar-refractivity contribution in [1.29, 1.82) is 0 Å². The number of rotatable bonds is 2. The lowest BCUT2D eigenvalue weighted by atomic mass is 10.3. The van der Waals surface area contributed by atoms with Crippen molar-refractivity contribution in [1.82, 2.24) is 9.88 Å². The molecule has 0 aromatic carbocycles. The average molecular weight is 229 g/mol. The Morgan fingerprint density at radius 1 is 1.47 bits per heavy atom. The molecule has 0 saturated carbocycles. The van der Waals surface area contributed by atoms with Gasteiger partial charge in [0.05, 0.1) is 12.2 Å². The van der Waals surface area contributed by atoms with Crippen LogP contribution in [0.5, 0.6) is 0 Å². The third-order valence-electron chi connectivity index (χ3n) is 2.67. The van der Waals surface area contributed by atoms with E-state index in [1.165, 1.54) is 0 Å². The summed E-state index contributed by atoms with van der Waals surface area (Å²) in [7, 11) is 0. The van der Waals surface area contributed by atoms with Gasteiger partial charge in [-0.3, -0.25) is 4.79 Å². The summed E-state index contributed by atoms with van der Waals surface area (Å²) in [6.07, 6.45) is 1.60. The highest BCUT2D eigenvalue weighted by Gasteiger charge is 2.18. The Hall–Kier alpha value is -1.86. The molecular weight excluding hydrogens is 214 g/mol. The van der Waals surface area contributed by atoms with E-state index in [1.54, 1.807) is 4.90 Å². The number of carbonyl (C=O) groups is 1. The molecule has 1 fully saturated rings. The molecule has 4 heteroatoms. The van der Waals surface area contributed by atoms with E-state index >= 15 is 0 Å². The molecule has 1 saturated heterocycles. The molecular formula is C13H15N3O. The Balaban J connectivity index is 1.98. The van der Waals surface area contributed by atoms with Gasteiger partial charge in [0, 0.05) is 19.5 Å². The van der Waals surface area contributed by atoms with E-state index in [0.717, 1.165) is 18.7 Å². The first-order valence-electron chi connectivity index (χ1n) is 5.72. The molecule has 2 rings (SSSR count). The minimum atomic E-state index is 0.197. The molecule has 0 atom stereocenters. The SMILES string of the molecule is NCc1cccc(C#CCN2CCCC2=O)n1. The van der Waals surface area contributed by atoms with Crippen LogP contribution in [-0.4, -0.2) is 28.9 Å². The van der Waals surface area contributed by atoms with Gasteiger partial charge >= 0.3 is 0 Å². The zero-order chi connectivity index (χ0) is 12.1. The first kappa shape index (κ1) is 11.6. The van der Waals surface area contributed by atoms with Crippen LogP contribution in [0.25, 0.3) is 0 Å². The standard InChI is InChI=1S/C13H15N3O/c14-10-12-5-1-4-11(15-12)6-2-8-16-9-3-7-13(16)17/h1,4-5H,3,7-10,14H2. The average Bonchev–Trinajstić information content (AvgIpc) is 2.76. The van der Waals surface area contributed by atoms with Crippen molar-refractivity contribution in [3.05, 3.63) is 29.6 Å². The molecule has 0 radical (unpaired) electrons. The number of nitrogens with zero attached hydrogens (tertiary/aromatic N) is 2.